The highest BCUT2D eigenvalue weighted by molar-refractivity contribution is 5.72. The minimum atomic E-state index is 0.0187. The first kappa shape index (κ1) is 15.8. The molecule has 0 amide bonds. The van der Waals surface area contributed by atoms with Gasteiger partial charge < -0.3 is 10.1 Å². The summed E-state index contributed by atoms with van der Waals surface area (Å²) in [6.45, 7) is 6.99. The zero-order valence-electron chi connectivity index (χ0n) is 13.2. The van der Waals surface area contributed by atoms with E-state index in [0.717, 1.165) is 25.8 Å². The molecule has 0 unspecified atom stereocenters. The molecule has 1 saturated carbocycles. The van der Waals surface area contributed by atoms with Gasteiger partial charge in [0.15, 0.2) is 0 Å². The Morgan fingerprint density at radius 1 is 1.35 bits per heavy atom. The summed E-state index contributed by atoms with van der Waals surface area (Å²) in [6.07, 6.45) is 5.86. The van der Waals surface area contributed by atoms with Gasteiger partial charge in [0.1, 0.15) is 0 Å². The van der Waals surface area contributed by atoms with Crippen molar-refractivity contribution in [2.24, 2.45) is 11.8 Å². The van der Waals surface area contributed by atoms with Crippen molar-refractivity contribution in [1.82, 2.24) is 10.2 Å². The smallest absolute Gasteiger partial charge is 0.309 e. The van der Waals surface area contributed by atoms with Crippen molar-refractivity contribution >= 4 is 5.97 Å². The first-order valence-corrected chi connectivity index (χ1v) is 8.23. The van der Waals surface area contributed by atoms with Crippen molar-refractivity contribution in [2.45, 2.75) is 58.0 Å². The second-order valence-electron chi connectivity index (χ2n) is 6.43. The molecule has 0 spiro atoms. The van der Waals surface area contributed by atoms with Gasteiger partial charge in [-0.2, -0.15) is 0 Å². The van der Waals surface area contributed by atoms with Gasteiger partial charge in [-0.05, 0) is 58.5 Å². The van der Waals surface area contributed by atoms with Crippen LogP contribution in [0.4, 0.5) is 0 Å². The lowest BCUT2D eigenvalue weighted by Gasteiger charge is -2.43. The number of carbonyl (C=O) groups excluding carboxylic acids is 1. The van der Waals surface area contributed by atoms with E-state index in [1.165, 1.54) is 19.4 Å². The fourth-order valence-electron chi connectivity index (χ4n) is 3.87. The summed E-state index contributed by atoms with van der Waals surface area (Å²) in [4.78, 5) is 14.6. The number of esters is 1. The number of nitrogens with one attached hydrogen (secondary N) is 1. The molecule has 0 aromatic carbocycles. The van der Waals surface area contributed by atoms with Crippen LogP contribution in [0.25, 0.3) is 0 Å². The summed E-state index contributed by atoms with van der Waals surface area (Å²) >= 11 is 0. The molecule has 4 heteroatoms. The molecule has 0 aromatic rings. The zero-order valence-corrected chi connectivity index (χ0v) is 13.2. The third-order valence-electron chi connectivity index (χ3n) is 5.11. The van der Waals surface area contributed by atoms with Gasteiger partial charge in [0.25, 0.3) is 0 Å². The summed E-state index contributed by atoms with van der Waals surface area (Å²) in [5.74, 6) is 0.587. The van der Waals surface area contributed by atoms with Crippen LogP contribution in [0.1, 0.15) is 46.0 Å². The number of hydrogen-bond acceptors (Lipinski definition) is 4. The van der Waals surface area contributed by atoms with Crippen LogP contribution in [-0.2, 0) is 9.53 Å². The number of nitrogens with zero attached hydrogens (tertiary/aromatic N) is 1. The Morgan fingerprint density at radius 2 is 2.15 bits per heavy atom. The predicted octanol–water partition coefficient (Wildman–Crippen LogP) is 2.04. The van der Waals surface area contributed by atoms with Gasteiger partial charge in [0, 0.05) is 18.6 Å². The van der Waals surface area contributed by atoms with Crippen LogP contribution in [0.15, 0.2) is 0 Å². The zero-order chi connectivity index (χ0) is 14.5. The average molecular weight is 282 g/mol. The largest absolute Gasteiger partial charge is 0.466 e. The number of rotatable bonds is 4. The highest BCUT2D eigenvalue weighted by Gasteiger charge is 2.36. The Morgan fingerprint density at radius 3 is 2.80 bits per heavy atom. The van der Waals surface area contributed by atoms with Crippen molar-refractivity contribution in [1.29, 1.82) is 0 Å². The van der Waals surface area contributed by atoms with E-state index >= 15 is 0 Å². The molecule has 1 aliphatic carbocycles. The number of likely N-dealkylation sites (tertiary alicyclic amines) is 1. The van der Waals surface area contributed by atoms with Gasteiger partial charge in [-0.15, -0.1) is 0 Å². The first-order valence-electron chi connectivity index (χ1n) is 8.23. The van der Waals surface area contributed by atoms with Gasteiger partial charge in [0.2, 0.25) is 0 Å². The molecular formula is C16H30N2O2. The SMILES string of the molecule is CCOC(=O)[C@@H]1CC[C@H](N2CCC[C@@H](NC)C2)C[C@@H]1C. The number of piperidine rings is 1. The maximum atomic E-state index is 11.9. The van der Waals surface area contributed by atoms with Gasteiger partial charge in [-0.25, -0.2) is 0 Å². The lowest BCUT2D eigenvalue weighted by molar-refractivity contribution is -0.151. The molecule has 1 saturated heterocycles. The van der Waals surface area contributed by atoms with E-state index in [2.05, 4.69) is 24.2 Å². The number of likely N-dealkylation sites (N-methyl/N-ethyl adjacent to an activating group) is 1. The summed E-state index contributed by atoms with van der Waals surface area (Å²) < 4.78 is 5.20. The summed E-state index contributed by atoms with van der Waals surface area (Å²) in [5.41, 5.74) is 0. The van der Waals surface area contributed by atoms with Crippen molar-refractivity contribution in [3.05, 3.63) is 0 Å². The van der Waals surface area contributed by atoms with Crippen LogP contribution in [0.3, 0.4) is 0 Å². The van der Waals surface area contributed by atoms with Crippen LogP contribution < -0.4 is 5.32 Å². The van der Waals surface area contributed by atoms with E-state index in [9.17, 15) is 4.79 Å². The van der Waals surface area contributed by atoms with Gasteiger partial charge in [0.05, 0.1) is 12.5 Å². The molecule has 0 radical (unpaired) electrons. The van der Waals surface area contributed by atoms with Gasteiger partial charge >= 0.3 is 5.97 Å². The van der Waals surface area contributed by atoms with E-state index in [4.69, 9.17) is 4.74 Å². The van der Waals surface area contributed by atoms with Crippen LogP contribution in [0.5, 0.6) is 0 Å². The van der Waals surface area contributed by atoms with E-state index in [1.807, 2.05) is 6.92 Å². The van der Waals surface area contributed by atoms with Crippen LogP contribution in [0, 0.1) is 11.8 Å². The Kier molecular flexibility index (Phi) is 5.85. The molecule has 116 valence electrons. The monoisotopic (exact) mass is 282 g/mol. The summed E-state index contributed by atoms with van der Waals surface area (Å²) in [7, 11) is 2.06. The molecule has 1 heterocycles. The number of ether oxygens (including phenoxy) is 1. The number of hydrogen-bond donors (Lipinski definition) is 1. The summed E-state index contributed by atoms with van der Waals surface area (Å²) in [5, 5.41) is 3.41. The lowest BCUT2D eigenvalue weighted by Crippen LogP contribution is -2.51. The minimum Gasteiger partial charge on any atom is -0.466 e. The van der Waals surface area contributed by atoms with E-state index in [-0.39, 0.29) is 11.9 Å². The predicted molar refractivity (Wildman–Crippen MR) is 80.6 cm³/mol. The fraction of sp³-hybridized carbons (Fsp3) is 0.938. The molecule has 0 aromatic heterocycles. The molecule has 2 aliphatic rings. The molecule has 1 N–H and O–H groups in total. The van der Waals surface area contributed by atoms with Crippen LogP contribution in [-0.4, -0.2) is 49.7 Å². The molecule has 2 rings (SSSR count). The second-order valence-corrected chi connectivity index (χ2v) is 6.43. The van der Waals surface area contributed by atoms with Crippen LogP contribution in [0.2, 0.25) is 0 Å². The van der Waals surface area contributed by atoms with E-state index < -0.39 is 0 Å². The van der Waals surface area contributed by atoms with Crippen molar-refractivity contribution in [3.63, 3.8) is 0 Å². The minimum absolute atomic E-state index is 0.0187. The maximum absolute atomic E-state index is 11.9. The molecule has 0 bridgehead atoms. The van der Waals surface area contributed by atoms with Crippen molar-refractivity contribution in [2.75, 3.05) is 26.7 Å². The normalized spacial score (nSPS) is 35.8. The number of carbonyl (C=O) groups is 1. The van der Waals surface area contributed by atoms with Crippen LogP contribution >= 0.6 is 0 Å². The fourth-order valence-corrected chi connectivity index (χ4v) is 3.87. The standard InChI is InChI=1S/C16H30N2O2/c1-4-20-16(19)15-8-7-14(10-12(15)2)18-9-5-6-13(11-18)17-3/h12-15,17H,4-11H2,1-3H3/t12-,13+,14-,15+/m0/s1. The van der Waals surface area contributed by atoms with E-state index in [0.29, 0.717) is 24.6 Å². The van der Waals surface area contributed by atoms with Gasteiger partial charge in [-0.1, -0.05) is 6.92 Å². The Bertz CT molecular complexity index is 322. The third-order valence-corrected chi connectivity index (χ3v) is 5.11. The van der Waals surface area contributed by atoms with Crippen molar-refractivity contribution in [3.8, 4) is 0 Å². The molecule has 2 fully saturated rings. The molecule has 20 heavy (non-hydrogen) atoms. The molecule has 4 nitrogen and oxygen atoms in total. The molecular weight excluding hydrogens is 252 g/mol. The Hall–Kier alpha value is -0.610. The topological polar surface area (TPSA) is 41.6 Å². The highest BCUT2D eigenvalue weighted by Crippen LogP contribution is 2.34. The van der Waals surface area contributed by atoms with Gasteiger partial charge in [-0.3, -0.25) is 9.69 Å². The first-order chi connectivity index (χ1) is 9.65. The maximum Gasteiger partial charge on any atom is 0.309 e. The van der Waals surface area contributed by atoms with Crippen molar-refractivity contribution < 1.29 is 9.53 Å². The third kappa shape index (κ3) is 3.73. The highest BCUT2D eigenvalue weighted by atomic mass is 16.5. The Balaban J connectivity index is 1.86. The van der Waals surface area contributed by atoms with E-state index in [1.54, 1.807) is 0 Å². The summed E-state index contributed by atoms with van der Waals surface area (Å²) in [6, 6.07) is 1.30. The molecule has 4 atom stereocenters. The lowest BCUT2D eigenvalue weighted by atomic mass is 9.77. The second kappa shape index (κ2) is 7.41. The quantitative estimate of drug-likeness (QED) is 0.801. The average Bonchev–Trinajstić information content (AvgIpc) is 2.47. The molecule has 1 aliphatic heterocycles. The Labute approximate surface area is 123 Å².